The predicted octanol–water partition coefficient (Wildman–Crippen LogP) is 0.818. The number of rotatable bonds is 4. The minimum atomic E-state index is 0.232. The smallest absolute Gasteiger partial charge is 0.119 e. The second-order valence-corrected chi connectivity index (χ2v) is 4.78. The van der Waals surface area contributed by atoms with Crippen molar-refractivity contribution in [3.8, 4) is 5.75 Å². The van der Waals surface area contributed by atoms with E-state index in [0.29, 0.717) is 6.61 Å². The predicted molar refractivity (Wildman–Crippen MR) is 73.7 cm³/mol. The SMILES string of the molecule is CCOc1ccc(CN2CCNCC(N)C2)cc1. The number of nitrogens with one attached hydrogen (secondary N) is 1. The maximum Gasteiger partial charge on any atom is 0.119 e. The van der Waals surface area contributed by atoms with E-state index in [1.54, 1.807) is 0 Å². The fraction of sp³-hybridized carbons (Fsp3) is 0.571. The van der Waals surface area contributed by atoms with Gasteiger partial charge in [-0.05, 0) is 24.6 Å². The lowest BCUT2D eigenvalue weighted by Crippen LogP contribution is -2.38. The highest BCUT2D eigenvalue weighted by Gasteiger charge is 2.14. The maximum atomic E-state index is 6.02. The molecule has 0 bridgehead atoms. The average Bonchev–Trinajstić information content (AvgIpc) is 2.56. The van der Waals surface area contributed by atoms with Gasteiger partial charge in [-0.1, -0.05) is 12.1 Å². The third kappa shape index (κ3) is 3.98. The molecule has 1 aromatic carbocycles. The summed E-state index contributed by atoms with van der Waals surface area (Å²) in [6, 6.07) is 8.57. The molecule has 0 amide bonds. The zero-order valence-electron chi connectivity index (χ0n) is 11.1. The summed E-state index contributed by atoms with van der Waals surface area (Å²) >= 11 is 0. The van der Waals surface area contributed by atoms with Gasteiger partial charge in [0.2, 0.25) is 0 Å². The van der Waals surface area contributed by atoms with Crippen molar-refractivity contribution < 1.29 is 4.74 Å². The molecule has 1 fully saturated rings. The molecule has 18 heavy (non-hydrogen) atoms. The molecule has 4 heteroatoms. The van der Waals surface area contributed by atoms with Gasteiger partial charge in [-0.3, -0.25) is 4.90 Å². The van der Waals surface area contributed by atoms with E-state index in [2.05, 4.69) is 22.3 Å². The molecule has 0 aromatic heterocycles. The monoisotopic (exact) mass is 249 g/mol. The zero-order valence-corrected chi connectivity index (χ0v) is 11.1. The molecule has 1 heterocycles. The van der Waals surface area contributed by atoms with Gasteiger partial charge in [0.25, 0.3) is 0 Å². The van der Waals surface area contributed by atoms with Crippen molar-refractivity contribution in [2.45, 2.75) is 19.5 Å². The van der Waals surface area contributed by atoms with Crippen molar-refractivity contribution in [2.24, 2.45) is 5.73 Å². The van der Waals surface area contributed by atoms with Crippen molar-refractivity contribution in [1.82, 2.24) is 10.2 Å². The summed E-state index contributed by atoms with van der Waals surface area (Å²) in [5.74, 6) is 0.940. The Morgan fingerprint density at radius 3 is 2.89 bits per heavy atom. The topological polar surface area (TPSA) is 50.5 Å². The molecule has 1 aromatic rings. The highest BCUT2D eigenvalue weighted by atomic mass is 16.5. The summed E-state index contributed by atoms with van der Waals surface area (Å²) in [4.78, 5) is 2.40. The summed E-state index contributed by atoms with van der Waals surface area (Å²) in [6.07, 6.45) is 0. The van der Waals surface area contributed by atoms with Crippen LogP contribution in [0.3, 0.4) is 0 Å². The van der Waals surface area contributed by atoms with Crippen LogP contribution in [0, 0.1) is 0 Å². The van der Waals surface area contributed by atoms with E-state index >= 15 is 0 Å². The number of benzene rings is 1. The lowest BCUT2D eigenvalue weighted by atomic mass is 10.2. The van der Waals surface area contributed by atoms with Crippen LogP contribution in [0.2, 0.25) is 0 Å². The molecule has 1 saturated heterocycles. The highest BCUT2D eigenvalue weighted by molar-refractivity contribution is 5.27. The van der Waals surface area contributed by atoms with Crippen LogP contribution in [0.15, 0.2) is 24.3 Å². The quantitative estimate of drug-likeness (QED) is 0.829. The first kappa shape index (κ1) is 13.3. The summed E-state index contributed by atoms with van der Waals surface area (Å²) in [5.41, 5.74) is 7.33. The van der Waals surface area contributed by atoms with E-state index in [9.17, 15) is 0 Å². The van der Waals surface area contributed by atoms with E-state index in [4.69, 9.17) is 10.5 Å². The molecule has 0 radical (unpaired) electrons. The van der Waals surface area contributed by atoms with Crippen LogP contribution in [0.1, 0.15) is 12.5 Å². The van der Waals surface area contributed by atoms with Gasteiger partial charge in [0, 0.05) is 38.8 Å². The second kappa shape index (κ2) is 6.73. The maximum absolute atomic E-state index is 6.02. The Morgan fingerprint density at radius 1 is 1.39 bits per heavy atom. The van der Waals surface area contributed by atoms with Crippen LogP contribution >= 0.6 is 0 Å². The molecule has 0 saturated carbocycles. The number of nitrogens with two attached hydrogens (primary N) is 1. The van der Waals surface area contributed by atoms with Gasteiger partial charge in [-0.25, -0.2) is 0 Å². The first-order valence-corrected chi connectivity index (χ1v) is 6.68. The van der Waals surface area contributed by atoms with Crippen LogP contribution in [0.25, 0.3) is 0 Å². The van der Waals surface area contributed by atoms with Crippen LogP contribution in [-0.2, 0) is 6.54 Å². The van der Waals surface area contributed by atoms with Crippen molar-refractivity contribution in [3.63, 3.8) is 0 Å². The Hall–Kier alpha value is -1.10. The first-order valence-electron chi connectivity index (χ1n) is 6.68. The van der Waals surface area contributed by atoms with E-state index in [-0.39, 0.29) is 6.04 Å². The minimum absolute atomic E-state index is 0.232. The Kier molecular flexibility index (Phi) is 4.99. The van der Waals surface area contributed by atoms with Crippen LogP contribution < -0.4 is 15.8 Å². The molecule has 4 nitrogen and oxygen atoms in total. The molecule has 2 rings (SSSR count). The Labute approximate surface area is 109 Å². The third-order valence-electron chi connectivity index (χ3n) is 3.14. The van der Waals surface area contributed by atoms with Crippen LogP contribution in [0.4, 0.5) is 0 Å². The van der Waals surface area contributed by atoms with Gasteiger partial charge < -0.3 is 15.8 Å². The van der Waals surface area contributed by atoms with Crippen molar-refractivity contribution in [1.29, 1.82) is 0 Å². The number of nitrogens with zero attached hydrogens (tertiary/aromatic N) is 1. The number of hydrogen-bond donors (Lipinski definition) is 2. The van der Waals surface area contributed by atoms with Crippen molar-refractivity contribution in [2.75, 3.05) is 32.8 Å². The molecular formula is C14H23N3O. The summed E-state index contributed by atoms with van der Waals surface area (Å²) < 4.78 is 5.44. The lowest BCUT2D eigenvalue weighted by Gasteiger charge is -2.21. The second-order valence-electron chi connectivity index (χ2n) is 4.78. The van der Waals surface area contributed by atoms with E-state index in [1.165, 1.54) is 5.56 Å². The van der Waals surface area contributed by atoms with Gasteiger partial charge >= 0.3 is 0 Å². The molecule has 0 aliphatic carbocycles. The zero-order chi connectivity index (χ0) is 12.8. The van der Waals surface area contributed by atoms with Crippen LogP contribution in [-0.4, -0.2) is 43.7 Å². The van der Waals surface area contributed by atoms with Gasteiger partial charge in [0.1, 0.15) is 5.75 Å². The van der Waals surface area contributed by atoms with E-state index < -0.39 is 0 Å². The summed E-state index contributed by atoms with van der Waals surface area (Å²) in [7, 11) is 0. The molecule has 0 spiro atoms. The Bertz CT molecular complexity index is 353. The Balaban J connectivity index is 1.91. The standard InChI is InChI=1S/C14H23N3O/c1-2-18-14-5-3-12(4-6-14)10-17-8-7-16-9-13(15)11-17/h3-6,13,16H,2,7-11,15H2,1H3. The number of hydrogen-bond acceptors (Lipinski definition) is 4. The minimum Gasteiger partial charge on any atom is -0.494 e. The van der Waals surface area contributed by atoms with Crippen molar-refractivity contribution in [3.05, 3.63) is 29.8 Å². The van der Waals surface area contributed by atoms with Gasteiger partial charge in [0.15, 0.2) is 0 Å². The highest BCUT2D eigenvalue weighted by Crippen LogP contribution is 2.14. The number of ether oxygens (including phenoxy) is 1. The molecular weight excluding hydrogens is 226 g/mol. The largest absolute Gasteiger partial charge is 0.494 e. The van der Waals surface area contributed by atoms with Crippen LogP contribution in [0.5, 0.6) is 5.75 Å². The normalized spacial score (nSPS) is 21.6. The van der Waals surface area contributed by atoms with E-state index in [0.717, 1.165) is 38.5 Å². The van der Waals surface area contributed by atoms with Gasteiger partial charge in [-0.2, -0.15) is 0 Å². The van der Waals surface area contributed by atoms with Gasteiger partial charge in [0.05, 0.1) is 6.61 Å². The van der Waals surface area contributed by atoms with Gasteiger partial charge in [-0.15, -0.1) is 0 Å². The average molecular weight is 249 g/mol. The molecule has 3 N–H and O–H groups in total. The molecule has 1 atom stereocenters. The molecule has 1 aliphatic rings. The summed E-state index contributed by atoms with van der Waals surface area (Å²) in [5, 5.41) is 3.35. The first-order chi connectivity index (χ1) is 8.78. The fourth-order valence-corrected chi connectivity index (χ4v) is 2.27. The molecule has 1 unspecified atom stereocenters. The third-order valence-corrected chi connectivity index (χ3v) is 3.14. The molecule has 100 valence electrons. The Morgan fingerprint density at radius 2 is 2.17 bits per heavy atom. The molecule has 1 aliphatic heterocycles. The fourth-order valence-electron chi connectivity index (χ4n) is 2.27. The van der Waals surface area contributed by atoms with E-state index in [1.807, 2.05) is 19.1 Å². The van der Waals surface area contributed by atoms with Crippen molar-refractivity contribution >= 4 is 0 Å². The lowest BCUT2D eigenvalue weighted by molar-refractivity contribution is 0.272. The summed E-state index contributed by atoms with van der Waals surface area (Å²) in [6.45, 7) is 7.62.